The fourth-order valence-electron chi connectivity index (χ4n) is 3.77. The molecule has 16 heteroatoms. The molecule has 0 radical (unpaired) electrons. The fraction of sp³-hybridized carbons (Fsp3) is 0.286. The van der Waals surface area contributed by atoms with Gasteiger partial charge < -0.3 is 19.3 Å². The van der Waals surface area contributed by atoms with E-state index in [1.165, 1.54) is 37.4 Å². The van der Waals surface area contributed by atoms with Crippen molar-refractivity contribution in [2.75, 3.05) is 16.8 Å². The minimum atomic E-state index is -4.96. The third-order valence-corrected chi connectivity index (χ3v) is 6.01. The number of ether oxygens (including phenoxy) is 2. The van der Waals surface area contributed by atoms with Gasteiger partial charge in [-0.3, -0.25) is 33.8 Å². The topological polar surface area (TPSA) is 207 Å². The Labute approximate surface area is 207 Å². The number of phosphoric ester groups is 1. The summed E-state index contributed by atoms with van der Waals surface area (Å²) in [5, 5.41) is 2.42. The van der Waals surface area contributed by atoms with E-state index < -0.39 is 62.0 Å². The molecule has 196 valence electrons. The Hall–Kier alpha value is -3.88. The van der Waals surface area contributed by atoms with Crippen LogP contribution in [-0.2, 0) is 28.2 Å². The Balaban J connectivity index is 1.40. The van der Waals surface area contributed by atoms with Gasteiger partial charge in [0.2, 0.25) is 0 Å². The van der Waals surface area contributed by atoms with E-state index in [9.17, 15) is 38.3 Å². The summed E-state index contributed by atoms with van der Waals surface area (Å²) in [6, 6.07) is 5.75. The van der Waals surface area contributed by atoms with Gasteiger partial charge >= 0.3 is 19.6 Å². The van der Waals surface area contributed by atoms with Gasteiger partial charge in [0.25, 0.3) is 17.4 Å². The molecule has 1 saturated heterocycles. The van der Waals surface area contributed by atoms with Gasteiger partial charge in [0, 0.05) is 36.0 Å². The summed E-state index contributed by atoms with van der Waals surface area (Å²) in [5.41, 5.74) is -0.622. The molecule has 1 aromatic heterocycles. The van der Waals surface area contributed by atoms with Crippen molar-refractivity contribution in [1.82, 2.24) is 9.55 Å². The zero-order chi connectivity index (χ0) is 26.9. The molecule has 4 N–H and O–H groups in total. The number of imide groups is 1. The van der Waals surface area contributed by atoms with E-state index in [0.717, 1.165) is 21.6 Å². The van der Waals surface area contributed by atoms with Crippen LogP contribution in [0.15, 0.2) is 52.2 Å². The molecule has 3 heterocycles. The second kappa shape index (κ2) is 10.2. The van der Waals surface area contributed by atoms with Gasteiger partial charge in [0.1, 0.15) is 25.0 Å². The van der Waals surface area contributed by atoms with Gasteiger partial charge in [-0.2, -0.15) is 0 Å². The van der Waals surface area contributed by atoms with Crippen LogP contribution in [0.5, 0.6) is 0 Å². The molecular weight excluding hydrogens is 515 g/mol. The van der Waals surface area contributed by atoms with Crippen molar-refractivity contribution in [1.29, 1.82) is 0 Å². The maximum absolute atomic E-state index is 12.3. The molecular formula is C21H21N4O11P. The van der Waals surface area contributed by atoms with Crippen molar-refractivity contribution in [2.24, 2.45) is 0 Å². The van der Waals surface area contributed by atoms with Gasteiger partial charge in [-0.05, 0) is 31.2 Å². The van der Waals surface area contributed by atoms with Crippen LogP contribution in [0.4, 0.5) is 16.2 Å². The lowest BCUT2D eigenvalue weighted by Gasteiger charge is -2.19. The van der Waals surface area contributed by atoms with Crippen LogP contribution in [0, 0.1) is 6.92 Å². The minimum absolute atomic E-state index is 0.184. The van der Waals surface area contributed by atoms with E-state index in [4.69, 9.17) is 14.0 Å². The number of hydrogen-bond acceptors (Lipinski definition) is 9. The highest BCUT2D eigenvalue weighted by Crippen LogP contribution is 2.43. The molecule has 4 rings (SSSR count). The molecule has 0 aliphatic carbocycles. The number of carbonyl (C=O) groups excluding carboxylic acids is 3. The number of aryl methyl sites for hydroxylation is 1. The second-order valence-electron chi connectivity index (χ2n) is 8.09. The van der Waals surface area contributed by atoms with Crippen molar-refractivity contribution in [3.05, 3.63) is 69.0 Å². The highest BCUT2D eigenvalue weighted by Gasteiger charge is 2.41. The number of carbonyl (C=O) groups is 3. The highest BCUT2D eigenvalue weighted by molar-refractivity contribution is 7.46. The van der Waals surface area contributed by atoms with Crippen LogP contribution >= 0.6 is 7.82 Å². The van der Waals surface area contributed by atoms with Crippen molar-refractivity contribution in [3.8, 4) is 0 Å². The SMILES string of the molecule is Cc1cn(C2CC(OP(=O)(O)O)C(COC(=O)Nc3ccc(N4C(=O)C=CC4=O)cc3)O2)c(=O)[nH]c1=O. The number of hydrogen-bond donors (Lipinski definition) is 4. The summed E-state index contributed by atoms with van der Waals surface area (Å²) in [5.74, 6) is -0.988. The number of rotatable bonds is 7. The average Bonchev–Trinajstić information content (AvgIpc) is 3.36. The molecule has 15 nitrogen and oxygen atoms in total. The number of aromatic amines is 1. The van der Waals surface area contributed by atoms with Crippen LogP contribution in [0.2, 0.25) is 0 Å². The summed E-state index contributed by atoms with van der Waals surface area (Å²) in [7, 11) is -4.96. The van der Waals surface area contributed by atoms with Crippen LogP contribution in [0.1, 0.15) is 18.2 Å². The second-order valence-corrected chi connectivity index (χ2v) is 9.29. The number of H-pyrrole nitrogens is 1. The van der Waals surface area contributed by atoms with E-state index in [1.54, 1.807) is 0 Å². The summed E-state index contributed by atoms with van der Waals surface area (Å²) < 4.78 is 28.0. The molecule has 0 bridgehead atoms. The molecule has 2 aliphatic heterocycles. The zero-order valence-corrected chi connectivity index (χ0v) is 20.0. The molecule has 37 heavy (non-hydrogen) atoms. The Morgan fingerprint density at radius 3 is 2.43 bits per heavy atom. The van der Waals surface area contributed by atoms with Crippen molar-refractivity contribution in [3.63, 3.8) is 0 Å². The number of amides is 3. The first-order chi connectivity index (χ1) is 17.4. The predicted molar refractivity (Wildman–Crippen MR) is 125 cm³/mol. The van der Waals surface area contributed by atoms with Crippen molar-refractivity contribution in [2.45, 2.75) is 31.8 Å². The molecule has 0 spiro atoms. The lowest BCUT2D eigenvalue weighted by molar-refractivity contribution is -0.120. The molecule has 3 unspecified atom stereocenters. The Morgan fingerprint density at radius 1 is 1.16 bits per heavy atom. The standard InChI is InChI=1S/C21H21N4O11P/c1-11-9-24(20(29)23-19(11)28)18-8-14(36-37(31,32)33)15(35-18)10-34-21(30)22-12-2-4-13(5-3-12)25-16(26)6-7-17(25)27/h2-7,9,14-15,18H,8,10H2,1H3,(H,22,30)(H,23,28,29)(H2,31,32,33). The third-order valence-electron chi connectivity index (χ3n) is 5.47. The monoisotopic (exact) mass is 536 g/mol. The Morgan fingerprint density at radius 2 is 1.81 bits per heavy atom. The number of aromatic nitrogens is 2. The van der Waals surface area contributed by atoms with Gasteiger partial charge in [-0.1, -0.05) is 0 Å². The van der Waals surface area contributed by atoms with Gasteiger partial charge in [0.15, 0.2) is 0 Å². The number of nitrogens with zero attached hydrogens (tertiary/aromatic N) is 2. The third kappa shape index (κ3) is 6.10. The fourth-order valence-corrected chi connectivity index (χ4v) is 4.34. The lowest BCUT2D eigenvalue weighted by Crippen LogP contribution is -2.33. The number of nitrogens with one attached hydrogen (secondary N) is 2. The van der Waals surface area contributed by atoms with Crippen LogP contribution in [0.3, 0.4) is 0 Å². The Kier molecular flexibility index (Phi) is 7.25. The van der Waals surface area contributed by atoms with Gasteiger partial charge in [0.05, 0.1) is 5.69 Å². The molecule has 2 aliphatic rings. The Bertz CT molecular complexity index is 1410. The van der Waals surface area contributed by atoms with E-state index >= 15 is 0 Å². The summed E-state index contributed by atoms with van der Waals surface area (Å²) >= 11 is 0. The maximum Gasteiger partial charge on any atom is 0.469 e. The van der Waals surface area contributed by atoms with Crippen LogP contribution < -0.4 is 21.5 Å². The predicted octanol–water partition coefficient (Wildman–Crippen LogP) is 0.289. The van der Waals surface area contributed by atoms with E-state index in [0.29, 0.717) is 5.69 Å². The summed E-state index contributed by atoms with van der Waals surface area (Å²) in [6.07, 6.45) is -1.09. The highest BCUT2D eigenvalue weighted by atomic mass is 31.2. The van der Waals surface area contributed by atoms with Gasteiger partial charge in [-0.25, -0.2) is 19.1 Å². The first-order valence-corrected chi connectivity index (χ1v) is 12.3. The van der Waals surface area contributed by atoms with E-state index in [-0.39, 0.29) is 17.7 Å². The smallest absolute Gasteiger partial charge is 0.446 e. The quantitative estimate of drug-likeness (QED) is 0.279. The van der Waals surface area contributed by atoms with Crippen LogP contribution in [-0.4, -0.2) is 56.1 Å². The summed E-state index contributed by atoms with van der Waals surface area (Å²) in [6.45, 7) is 0.965. The molecule has 1 fully saturated rings. The van der Waals surface area contributed by atoms with Crippen LogP contribution in [0.25, 0.3) is 0 Å². The molecule has 0 saturated carbocycles. The van der Waals surface area contributed by atoms with E-state index in [2.05, 4.69) is 10.3 Å². The van der Waals surface area contributed by atoms with Crippen molar-refractivity contribution < 1.29 is 42.7 Å². The molecule has 1 aromatic carbocycles. The molecule has 3 amide bonds. The number of anilines is 2. The average molecular weight is 536 g/mol. The minimum Gasteiger partial charge on any atom is -0.446 e. The maximum atomic E-state index is 12.3. The zero-order valence-electron chi connectivity index (χ0n) is 19.1. The lowest BCUT2D eigenvalue weighted by atomic mass is 10.2. The summed E-state index contributed by atoms with van der Waals surface area (Å²) in [4.78, 5) is 81.2. The normalized spacial score (nSPS) is 21.5. The molecule has 3 atom stereocenters. The number of phosphoric acid groups is 1. The van der Waals surface area contributed by atoms with Gasteiger partial charge in [-0.15, -0.1) is 0 Å². The van der Waals surface area contributed by atoms with Crippen molar-refractivity contribution >= 4 is 37.1 Å². The first-order valence-electron chi connectivity index (χ1n) is 10.7. The number of benzene rings is 1. The van der Waals surface area contributed by atoms with E-state index in [1.807, 2.05) is 0 Å². The molecule has 2 aromatic rings. The first kappa shape index (κ1) is 26.2. The largest absolute Gasteiger partial charge is 0.469 e.